The predicted molar refractivity (Wildman–Crippen MR) is 97.4 cm³/mol. The Labute approximate surface area is 154 Å². The summed E-state index contributed by atoms with van der Waals surface area (Å²) in [4.78, 5) is 17.3. The predicted octanol–water partition coefficient (Wildman–Crippen LogP) is 3.76. The molecule has 1 saturated carbocycles. The third-order valence-corrected chi connectivity index (χ3v) is 5.07. The third kappa shape index (κ3) is 3.20. The summed E-state index contributed by atoms with van der Waals surface area (Å²) in [6.45, 7) is 2.73. The number of hydrogen-bond acceptors (Lipinski definition) is 6. The summed E-state index contributed by atoms with van der Waals surface area (Å²) in [6.07, 6.45) is -0.611. The summed E-state index contributed by atoms with van der Waals surface area (Å²) in [7, 11) is 0. The molecule has 0 amide bonds. The number of benzene rings is 1. The summed E-state index contributed by atoms with van der Waals surface area (Å²) in [5.74, 6) is 1.40. The van der Waals surface area contributed by atoms with Crippen molar-refractivity contribution in [3.8, 4) is 0 Å². The van der Waals surface area contributed by atoms with Crippen molar-refractivity contribution >= 4 is 22.9 Å². The van der Waals surface area contributed by atoms with E-state index in [0.717, 1.165) is 23.9 Å². The topological polar surface area (TPSA) is 58.3 Å². The third-order valence-electron chi connectivity index (χ3n) is 5.07. The number of anilines is 2. The summed E-state index contributed by atoms with van der Waals surface area (Å²) < 4.78 is 32.3. The van der Waals surface area contributed by atoms with Gasteiger partial charge in [0.25, 0.3) is 12.4 Å². The SMILES string of the molecule is FC(F)c1cc(N2CCN(c3nc4ccccc4o3)CC2)nc(C2CC2)n1. The number of rotatable bonds is 4. The van der Waals surface area contributed by atoms with E-state index < -0.39 is 6.43 Å². The largest absolute Gasteiger partial charge is 0.423 e. The second kappa shape index (κ2) is 6.44. The summed E-state index contributed by atoms with van der Waals surface area (Å²) in [5, 5.41) is 0. The second-order valence-corrected chi connectivity index (χ2v) is 7.02. The molecule has 5 rings (SSSR count). The van der Waals surface area contributed by atoms with Gasteiger partial charge in [-0.2, -0.15) is 4.98 Å². The molecule has 3 heterocycles. The molecule has 0 radical (unpaired) electrons. The molecular formula is C19H19F2N5O. The number of hydrogen-bond donors (Lipinski definition) is 0. The Hall–Kier alpha value is -2.77. The van der Waals surface area contributed by atoms with Crippen LogP contribution in [0.1, 0.15) is 36.7 Å². The van der Waals surface area contributed by atoms with Gasteiger partial charge in [-0.05, 0) is 25.0 Å². The van der Waals surface area contributed by atoms with Crippen molar-refractivity contribution in [3.05, 3.63) is 41.9 Å². The Bertz CT molecular complexity index is 910. The van der Waals surface area contributed by atoms with Gasteiger partial charge in [0.05, 0.1) is 0 Å². The van der Waals surface area contributed by atoms with E-state index in [2.05, 4.69) is 19.9 Å². The van der Waals surface area contributed by atoms with Crippen LogP contribution in [0.2, 0.25) is 0 Å². The lowest BCUT2D eigenvalue weighted by Gasteiger charge is -2.34. The number of aromatic nitrogens is 3. The normalized spacial score (nSPS) is 17.9. The molecule has 1 saturated heterocycles. The lowest BCUT2D eigenvalue weighted by molar-refractivity contribution is 0.145. The highest BCUT2D eigenvalue weighted by Gasteiger charge is 2.30. The molecule has 1 aliphatic carbocycles. The molecule has 1 aliphatic heterocycles. The number of piperazine rings is 1. The Balaban J connectivity index is 1.34. The van der Waals surface area contributed by atoms with Gasteiger partial charge in [-0.15, -0.1) is 0 Å². The van der Waals surface area contributed by atoms with Crippen LogP contribution in [0.4, 0.5) is 20.6 Å². The molecule has 140 valence electrons. The van der Waals surface area contributed by atoms with Crippen LogP contribution < -0.4 is 9.80 Å². The van der Waals surface area contributed by atoms with Gasteiger partial charge in [-0.3, -0.25) is 0 Å². The average molecular weight is 371 g/mol. The minimum Gasteiger partial charge on any atom is -0.423 e. The van der Waals surface area contributed by atoms with Crippen LogP contribution in [-0.2, 0) is 0 Å². The minimum absolute atomic E-state index is 0.178. The highest BCUT2D eigenvalue weighted by atomic mass is 19.3. The van der Waals surface area contributed by atoms with E-state index in [1.54, 1.807) is 0 Å². The molecule has 27 heavy (non-hydrogen) atoms. The Morgan fingerprint density at radius 3 is 2.41 bits per heavy atom. The van der Waals surface area contributed by atoms with Crippen LogP contribution in [0, 0.1) is 0 Å². The van der Waals surface area contributed by atoms with Crippen LogP contribution in [0.15, 0.2) is 34.7 Å². The van der Waals surface area contributed by atoms with E-state index in [0.29, 0.717) is 43.8 Å². The lowest BCUT2D eigenvalue weighted by Crippen LogP contribution is -2.47. The molecule has 0 bridgehead atoms. The fourth-order valence-corrected chi connectivity index (χ4v) is 3.39. The molecule has 6 nitrogen and oxygen atoms in total. The molecule has 3 aromatic rings. The van der Waals surface area contributed by atoms with Gasteiger partial charge in [0.1, 0.15) is 22.9 Å². The summed E-state index contributed by atoms with van der Waals surface area (Å²) >= 11 is 0. The van der Waals surface area contributed by atoms with Crippen molar-refractivity contribution in [2.45, 2.75) is 25.2 Å². The number of fused-ring (bicyclic) bond motifs is 1. The van der Waals surface area contributed by atoms with Crippen LogP contribution in [0.25, 0.3) is 11.1 Å². The van der Waals surface area contributed by atoms with Crippen LogP contribution >= 0.6 is 0 Å². The van der Waals surface area contributed by atoms with E-state index in [1.165, 1.54) is 6.07 Å². The molecule has 2 aliphatic rings. The van der Waals surface area contributed by atoms with E-state index in [1.807, 2.05) is 29.2 Å². The summed E-state index contributed by atoms with van der Waals surface area (Å²) in [5.41, 5.74) is 1.42. The van der Waals surface area contributed by atoms with Crippen molar-refractivity contribution in [2.75, 3.05) is 36.0 Å². The molecule has 0 atom stereocenters. The van der Waals surface area contributed by atoms with Crippen molar-refractivity contribution in [3.63, 3.8) is 0 Å². The average Bonchev–Trinajstić information content (AvgIpc) is 3.46. The van der Waals surface area contributed by atoms with E-state index in [4.69, 9.17) is 4.42 Å². The maximum atomic E-state index is 13.2. The smallest absolute Gasteiger partial charge is 0.298 e. The maximum absolute atomic E-state index is 13.2. The Kier molecular flexibility index (Phi) is 3.91. The van der Waals surface area contributed by atoms with Gasteiger partial charge in [0.2, 0.25) is 0 Å². The van der Waals surface area contributed by atoms with E-state index in [-0.39, 0.29) is 11.6 Å². The van der Waals surface area contributed by atoms with Gasteiger partial charge in [-0.1, -0.05) is 12.1 Å². The first-order chi connectivity index (χ1) is 13.2. The Morgan fingerprint density at radius 2 is 1.70 bits per heavy atom. The minimum atomic E-state index is -2.58. The zero-order valence-corrected chi connectivity index (χ0v) is 14.7. The number of oxazole rings is 1. The highest BCUT2D eigenvalue weighted by molar-refractivity contribution is 5.74. The molecule has 2 aromatic heterocycles. The fourth-order valence-electron chi connectivity index (χ4n) is 3.39. The molecule has 2 fully saturated rings. The number of nitrogens with zero attached hydrogens (tertiary/aromatic N) is 5. The molecular weight excluding hydrogens is 352 g/mol. The van der Waals surface area contributed by atoms with Crippen LogP contribution in [-0.4, -0.2) is 41.1 Å². The van der Waals surface area contributed by atoms with Crippen LogP contribution in [0.5, 0.6) is 0 Å². The monoisotopic (exact) mass is 371 g/mol. The number of alkyl halides is 2. The molecule has 0 spiro atoms. The fraction of sp³-hybridized carbons (Fsp3) is 0.421. The highest BCUT2D eigenvalue weighted by Crippen LogP contribution is 2.39. The van der Waals surface area contributed by atoms with Crippen molar-refractivity contribution in [2.24, 2.45) is 0 Å². The van der Waals surface area contributed by atoms with Gasteiger partial charge in [0, 0.05) is 38.2 Å². The van der Waals surface area contributed by atoms with Gasteiger partial charge < -0.3 is 14.2 Å². The maximum Gasteiger partial charge on any atom is 0.298 e. The van der Waals surface area contributed by atoms with E-state index >= 15 is 0 Å². The van der Waals surface area contributed by atoms with Gasteiger partial charge >= 0.3 is 0 Å². The molecule has 0 N–H and O–H groups in total. The number of para-hydroxylation sites is 2. The zero-order chi connectivity index (χ0) is 18.4. The van der Waals surface area contributed by atoms with Crippen molar-refractivity contribution < 1.29 is 13.2 Å². The quantitative estimate of drug-likeness (QED) is 0.696. The molecule has 0 unspecified atom stereocenters. The summed E-state index contributed by atoms with van der Waals surface area (Å²) in [6, 6.07) is 9.69. The molecule has 1 aromatic carbocycles. The first-order valence-corrected chi connectivity index (χ1v) is 9.20. The van der Waals surface area contributed by atoms with Gasteiger partial charge in [-0.25, -0.2) is 18.7 Å². The number of halogens is 2. The van der Waals surface area contributed by atoms with Crippen molar-refractivity contribution in [1.82, 2.24) is 15.0 Å². The standard InChI is InChI=1S/C19H19F2N5O/c20-17(21)14-11-16(24-18(22-14)12-5-6-12)25-7-9-26(10-8-25)19-23-13-3-1-2-4-15(13)27-19/h1-4,11-12,17H,5-10H2. The zero-order valence-electron chi connectivity index (χ0n) is 14.7. The Morgan fingerprint density at radius 1 is 0.963 bits per heavy atom. The second-order valence-electron chi connectivity index (χ2n) is 7.02. The van der Waals surface area contributed by atoms with Gasteiger partial charge in [0.15, 0.2) is 5.58 Å². The van der Waals surface area contributed by atoms with Crippen LogP contribution in [0.3, 0.4) is 0 Å². The molecule has 8 heteroatoms. The first-order valence-electron chi connectivity index (χ1n) is 9.20. The van der Waals surface area contributed by atoms with Crippen molar-refractivity contribution in [1.29, 1.82) is 0 Å². The lowest BCUT2D eigenvalue weighted by atomic mass is 10.3. The van der Waals surface area contributed by atoms with E-state index in [9.17, 15) is 8.78 Å². The first kappa shape index (κ1) is 16.4.